The Bertz CT molecular complexity index is 356. The summed E-state index contributed by atoms with van der Waals surface area (Å²) in [5.74, 6) is 0.221. The molecular formula is C11H20ClN5O. The van der Waals surface area contributed by atoms with Crippen LogP contribution in [0.2, 0.25) is 0 Å². The van der Waals surface area contributed by atoms with E-state index in [1.165, 1.54) is 0 Å². The minimum atomic E-state index is 0. The lowest BCUT2D eigenvalue weighted by atomic mass is 10.2. The summed E-state index contributed by atoms with van der Waals surface area (Å²) >= 11 is 0. The predicted molar refractivity (Wildman–Crippen MR) is 70.5 cm³/mol. The Morgan fingerprint density at radius 2 is 2.39 bits per heavy atom. The molecule has 1 aromatic heterocycles. The van der Waals surface area contributed by atoms with Gasteiger partial charge >= 0.3 is 0 Å². The van der Waals surface area contributed by atoms with Gasteiger partial charge < -0.3 is 10.2 Å². The van der Waals surface area contributed by atoms with Crippen molar-refractivity contribution >= 4 is 18.3 Å². The number of likely N-dealkylation sites (tertiary alicyclic amines) is 1. The van der Waals surface area contributed by atoms with Gasteiger partial charge in [0.05, 0.1) is 12.7 Å². The van der Waals surface area contributed by atoms with E-state index in [9.17, 15) is 4.79 Å². The summed E-state index contributed by atoms with van der Waals surface area (Å²) in [6.45, 7) is 2.39. The number of carbonyl (C=O) groups excluding carboxylic acids is 1. The van der Waals surface area contributed by atoms with Gasteiger partial charge in [0.25, 0.3) is 0 Å². The van der Waals surface area contributed by atoms with E-state index >= 15 is 0 Å². The van der Waals surface area contributed by atoms with Crippen LogP contribution in [0.1, 0.15) is 19.3 Å². The maximum absolute atomic E-state index is 12.1. The third-order valence-electron chi connectivity index (χ3n) is 3.16. The number of aryl methyl sites for hydroxylation is 1. The number of nitrogens with zero attached hydrogens (tertiary/aromatic N) is 4. The van der Waals surface area contributed by atoms with Gasteiger partial charge in [-0.2, -0.15) is 0 Å². The topological polar surface area (TPSA) is 63.1 Å². The van der Waals surface area contributed by atoms with Crippen molar-refractivity contribution in [1.82, 2.24) is 25.2 Å². The lowest BCUT2D eigenvalue weighted by Crippen LogP contribution is -2.41. The highest BCUT2D eigenvalue weighted by atomic mass is 35.5. The molecule has 0 aromatic carbocycles. The van der Waals surface area contributed by atoms with Crippen LogP contribution in [-0.2, 0) is 11.3 Å². The number of aromatic nitrogens is 3. The zero-order chi connectivity index (χ0) is 12.1. The standard InChI is InChI=1S/C11H19N5O.ClH/c1-12-9-10-3-2-6-16(10)11(17)4-7-15-8-5-13-14-15;/h5,8,10,12H,2-4,6-7,9H2,1H3;1H. The Morgan fingerprint density at radius 1 is 1.56 bits per heavy atom. The molecule has 0 radical (unpaired) electrons. The molecule has 102 valence electrons. The first-order valence-corrected chi connectivity index (χ1v) is 6.09. The minimum absolute atomic E-state index is 0. The second-order valence-corrected chi connectivity index (χ2v) is 4.36. The van der Waals surface area contributed by atoms with E-state index in [4.69, 9.17) is 0 Å². The maximum Gasteiger partial charge on any atom is 0.224 e. The number of carbonyl (C=O) groups is 1. The number of rotatable bonds is 5. The molecule has 1 N–H and O–H groups in total. The van der Waals surface area contributed by atoms with Crippen LogP contribution in [-0.4, -0.2) is 52.0 Å². The first-order chi connectivity index (χ1) is 8.31. The highest BCUT2D eigenvalue weighted by Crippen LogP contribution is 2.17. The van der Waals surface area contributed by atoms with E-state index in [-0.39, 0.29) is 18.3 Å². The zero-order valence-corrected chi connectivity index (χ0v) is 11.4. The van der Waals surface area contributed by atoms with Gasteiger partial charge in [-0.1, -0.05) is 5.21 Å². The van der Waals surface area contributed by atoms with Crippen molar-refractivity contribution in [2.75, 3.05) is 20.1 Å². The quantitative estimate of drug-likeness (QED) is 0.838. The summed E-state index contributed by atoms with van der Waals surface area (Å²) in [6.07, 6.45) is 6.13. The lowest BCUT2D eigenvalue weighted by molar-refractivity contribution is -0.132. The molecule has 1 saturated heterocycles. The molecule has 1 atom stereocenters. The van der Waals surface area contributed by atoms with Gasteiger partial charge in [-0.25, -0.2) is 0 Å². The second kappa shape index (κ2) is 7.33. The second-order valence-electron chi connectivity index (χ2n) is 4.36. The van der Waals surface area contributed by atoms with Crippen LogP contribution in [0.5, 0.6) is 0 Å². The number of hydrogen-bond donors (Lipinski definition) is 1. The molecule has 1 aliphatic heterocycles. The smallest absolute Gasteiger partial charge is 0.224 e. The van der Waals surface area contributed by atoms with Gasteiger partial charge in [0.1, 0.15) is 0 Å². The minimum Gasteiger partial charge on any atom is -0.338 e. The SMILES string of the molecule is CNCC1CCCN1C(=O)CCn1ccnn1.Cl. The summed E-state index contributed by atoms with van der Waals surface area (Å²) in [4.78, 5) is 14.1. The Balaban J connectivity index is 0.00000162. The largest absolute Gasteiger partial charge is 0.338 e. The highest BCUT2D eigenvalue weighted by Gasteiger charge is 2.27. The van der Waals surface area contributed by atoms with Crippen LogP contribution in [0.3, 0.4) is 0 Å². The number of likely N-dealkylation sites (N-methyl/N-ethyl adjacent to an activating group) is 1. The Hall–Kier alpha value is -1.14. The first kappa shape index (κ1) is 14.9. The normalized spacial score (nSPS) is 18.7. The molecule has 0 saturated carbocycles. The van der Waals surface area contributed by atoms with Crippen molar-refractivity contribution in [2.45, 2.75) is 31.8 Å². The van der Waals surface area contributed by atoms with Crippen LogP contribution in [0.25, 0.3) is 0 Å². The molecular weight excluding hydrogens is 254 g/mol. The van der Waals surface area contributed by atoms with Crippen LogP contribution in [0.4, 0.5) is 0 Å². The molecule has 1 unspecified atom stereocenters. The van der Waals surface area contributed by atoms with Gasteiger partial charge in [0.2, 0.25) is 5.91 Å². The van der Waals surface area contributed by atoms with Crippen molar-refractivity contribution in [1.29, 1.82) is 0 Å². The number of halogens is 1. The fourth-order valence-corrected chi connectivity index (χ4v) is 2.32. The molecule has 0 spiro atoms. The third-order valence-corrected chi connectivity index (χ3v) is 3.16. The predicted octanol–water partition coefficient (Wildman–Crippen LogP) is 0.300. The molecule has 1 aromatic rings. The van der Waals surface area contributed by atoms with Crippen LogP contribution >= 0.6 is 12.4 Å². The van der Waals surface area contributed by atoms with Crippen molar-refractivity contribution in [3.63, 3.8) is 0 Å². The number of amides is 1. The molecule has 2 heterocycles. The van der Waals surface area contributed by atoms with E-state index in [1.54, 1.807) is 17.1 Å². The zero-order valence-electron chi connectivity index (χ0n) is 10.6. The summed E-state index contributed by atoms with van der Waals surface area (Å²) in [5.41, 5.74) is 0. The van der Waals surface area contributed by atoms with Gasteiger partial charge in [-0.05, 0) is 19.9 Å². The van der Waals surface area contributed by atoms with Crippen LogP contribution < -0.4 is 5.32 Å². The third kappa shape index (κ3) is 3.68. The highest BCUT2D eigenvalue weighted by molar-refractivity contribution is 5.85. The summed E-state index contributed by atoms with van der Waals surface area (Å²) in [5, 5.41) is 10.7. The Kier molecular flexibility index (Phi) is 6.07. The molecule has 0 aliphatic carbocycles. The number of hydrogen-bond acceptors (Lipinski definition) is 4. The molecule has 6 nitrogen and oxygen atoms in total. The fraction of sp³-hybridized carbons (Fsp3) is 0.727. The fourth-order valence-electron chi connectivity index (χ4n) is 2.32. The maximum atomic E-state index is 12.1. The van der Waals surface area contributed by atoms with Crippen LogP contribution in [0, 0.1) is 0 Å². The van der Waals surface area contributed by atoms with Crippen molar-refractivity contribution in [2.24, 2.45) is 0 Å². The molecule has 2 rings (SSSR count). The molecule has 1 fully saturated rings. The monoisotopic (exact) mass is 273 g/mol. The van der Waals surface area contributed by atoms with Gasteiger partial charge in [0.15, 0.2) is 0 Å². The molecule has 1 amide bonds. The molecule has 1 aliphatic rings. The summed E-state index contributed by atoms with van der Waals surface area (Å²) in [7, 11) is 1.93. The van der Waals surface area contributed by atoms with Crippen molar-refractivity contribution < 1.29 is 4.79 Å². The van der Waals surface area contributed by atoms with E-state index in [2.05, 4.69) is 15.6 Å². The average molecular weight is 274 g/mol. The van der Waals surface area contributed by atoms with Crippen molar-refractivity contribution in [3.8, 4) is 0 Å². The average Bonchev–Trinajstić information content (AvgIpc) is 2.97. The summed E-state index contributed by atoms with van der Waals surface area (Å²) in [6, 6.07) is 0.364. The van der Waals surface area contributed by atoms with Gasteiger partial charge in [0, 0.05) is 31.7 Å². The summed E-state index contributed by atoms with van der Waals surface area (Å²) < 4.78 is 1.70. The first-order valence-electron chi connectivity index (χ1n) is 6.09. The van der Waals surface area contributed by atoms with E-state index in [0.717, 1.165) is 25.9 Å². The van der Waals surface area contributed by atoms with Crippen molar-refractivity contribution in [3.05, 3.63) is 12.4 Å². The van der Waals surface area contributed by atoms with Gasteiger partial charge in [-0.3, -0.25) is 9.48 Å². The molecule has 0 bridgehead atoms. The van der Waals surface area contributed by atoms with Crippen LogP contribution in [0.15, 0.2) is 12.4 Å². The Labute approximate surface area is 113 Å². The molecule has 18 heavy (non-hydrogen) atoms. The number of nitrogens with one attached hydrogen (secondary N) is 1. The Morgan fingerprint density at radius 3 is 3.06 bits per heavy atom. The van der Waals surface area contributed by atoms with E-state index in [1.807, 2.05) is 11.9 Å². The lowest BCUT2D eigenvalue weighted by Gasteiger charge is -2.24. The van der Waals surface area contributed by atoms with Gasteiger partial charge in [-0.15, -0.1) is 17.5 Å². The van der Waals surface area contributed by atoms with E-state index in [0.29, 0.717) is 19.0 Å². The van der Waals surface area contributed by atoms with E-state index < -0.39 is 0 Å². The molecule has 7 heteroatoms.